The number of carbonyl (C=O) groups is 2. The quantitative estimate of drug-likeness (QED) is 0.587. The molecule has 0 saturated carbocycles. The van der Waals surface area contributed by atoms with E-state index in [4.69, 9.17) is 4.74 Å². The van der Waals surface area contributed by atoms with Gasteiger partial charge >= 0.3 is 16.2 Å². The first-order chi connectivity index (χ1) is 10.7. The van der Waals surface area contributed by atoms with E-state index in [0.29, 0.717) is 5.69 Å². The highest BCUT2D eigenvalue weighted by molar-refractivity contribution is 7.86. The van der Waals surface area contributed by atoms with E-state index in [1.165, 1.54) is 37.3 Å². The van der Waals surface area contributed by atoms with Crippen molar-refractivity contribution in [3.63, 3.8) is 0 Å². The molecule has 126 valence electrons. The number of hydrogen-bond donors (Lipinski definition) is 0. The van der Waals surface area contributed by atoms with E-state index in [0.717, 1.165) is 0 Å². The average molecular weight is 345 g/mol. The van der Waals surface area contributed by atoms with Crippen molar-refractivity contribution in [1.29, 1.82) is 0 Å². The zero-order valence-corrected chi connectivity index (χ0v) is 13.4. The van der Waals surface area contributed by atoms with Crippen molar-refractivity contribution in [3.05, 3.63) is 23.8 Å². The molecule has 1 aromatic carbocycles. The summed E-state index contributed by atoms with van der Waals surface area (Å²) in [6.45, 7) is 0.0654. The van der Waals surface area contributed by atoms with Gasteiger partial charge in [0.15, 0.2) is 0 Å². The first-order valence-corrected chi connectivity index (χ1v) is 8.29. The predicted molar refractivity (Wildman–Crippen MR) is 79.7 cm³/mol. The molecule has 2 rings (SSSR count). The zero-order valence-electron chi connectivity index (χ0n) is 12.6. The van der Waals surface area contributed by atoms with Crippen molar-refractivity contribution in [2.24, 2.45) is 5.92 Å². The number of nitrogens with zero attached hydrogens (tertiary/aromatic N) is 1. The topological polar surface area (TPSA) is 90.0 Å². The number of anilines is 1. The van der Waals surface area contributed by atoms with Crippen molar-refractivity contribution < 1.29 is 31.4 Å². The minimum absolute atomic E-state index is 0.0644. The van der Waals surface area contributed by atoms with Gasteiger partial charge in [-0.1, -0.05) is 0 Å². The third-order valence-electron chi connectivity index (χ3n) is 3.53. The van der Waals surface area contributed by atoms with Crippen molar-refractivity contribution in [3.8, 4) is 5.75 Å². The molecule has 0 radical (unpaired) electrons. The van der Waals surface area contributed by atoms with Crippen LogP contribution in [-0.2, 0) is 19.8 Å². The maximum absolute atomic E-state index is 12.8. The van der Waals surface area contributed by atoms with Crippen LogP contribution >= 0.6 is 0 Å². The number of hydrogen-bond acceptors (Lipinski definition) is 6. The third kappa shape index (κ3) is 3.98. The number of methoxy groups -OCH3 is 2. The lowest BCUT2D eigenvalue weighted by atomic mass is 10.1. The molecule has 0 spiro atoms. The smallest absolute Gasteiger partial charge is 0.337 e. The SMILES string of the molecule is COC(=O)c1ccc(N2CC(CS(=O)(=O)F)CC2=O)c(OC)c1. The highest BCUT2D eigenvalue weighted by Crippen LogP contribution is 2.34. The Hall–Kier alpha value is -2.16. The molecule has 1 saturated heterocycles. The van der Waals surface area contributed by atoms with Gasteiger partial charge in [0.2, 0.25) is 5.91 Å². The van der Waals surface area contributed by atoms with Crippen LogP contribution in [0.1, 0.15) is 16.8 Å². The molecule has 9 heteroatoms. The monoisotopic (exact) mass is 345 g/mol. The summed E-state index contributed by atoms with van der Waals surface area (Å²) in [4.78, 5) is 24.9. The summed E-state index contributed by atoms with van der Waals surface area (Å²) in [5, 5.41) is 0. The second-order valence-electron chi connectivity index (χ2n) is 5.16. The van der Waals surface area contributed by atoms with E-state index in [9.17, 15) is 21.9 Å². The van der Waals surface area contributed by atoms with Gasteiger partial charge in [-0.05, 0) is 18.2 Å². The lowest BCUT2D eigenvalue weighted by Crippen LogP contribution is -2.26. The molecule has 1 heterocycles. The first kappa shape index (κ1) is 17.2. The molecule has 23 heavy (non-hydrogen) atoms. The Labute approximate surface area is 133 Å². The highest BCUT2D eigenvalue weighted by atomic mass is 32.3. The van der Waals surface area contributed by atoms with Crippen molar-refractivity contribution in [1.82, 2.24) is 0 Å². The van der Waals surface area contributed by atoms with E-state index in [-0.39, 0.29) is 30.2 Å². The van der Waals surface area contributed by atoms with E-state index >= 15 is 0 Å². The molecule has 7 nitrogen and oxygen atoms in total. The number of amides is 1. The van der Waals surface area contributed by atoms with E-state index < -0.39 is 27.9 Å². The fourth-order valence-corrected chi connectivity index (χ4v) is 3.34. The summed E-state index contributed by atoms with van der Waals surface area (Å²) in [6, 6.07) is 4.40. The molecule has 0 aromatic heterocycles. The summed E-state index contributed by atoms with van der Waals surface area (Å²) in [5.41, 5.74) is 0.645. The summed E-state index contributed by atoms with van der Waals surface area (Å²) < 4.78 is 44.1. The summed E-state index contributed by atoms with van der Waals surface area (Å²) >= 11 is 0. The number of rotatable bonds is 5. The Morgan fingerprint density at radius 3 is 2.65 bits per heavy atom. The van der Waals surface area contributed by atoms with Crippen LogP contribution < -0.4 is 9.64 Å². The Bertz CT molecular complexity index is 733. The predicted octanol–water partition coefficient (Wildman–Crippen LogP) is 1.13. The maximum Gasteiger partial charge on any atom is 0.337 e. The fourth-order valence-electron chi connectivity index (χ4n) is 2.55. The van der Waals surface area contributed by atoms with Gasteiger partial charge < -0.3 is 14.4 Å². The average Bonchev–Trinajstić information content (AvgIpc) is 2.83. The minimum Gasteiger partial charge on any atom is -0.495 e. The van der Waals surface area contributed by atoms with Crippen LogP contribution in [0.2, 0.25) is 0 Å². The maximum atomic E-state index is 12.8. The second kappa shape index (κ2) is 6.53. The molecule has 1 atom stereocenters. The minimum atomic E-state index is -4.64. The fraction of sp³-hybridized carbons (Fsp3) is 0.429. The van der Waals surface area contributed by atoms with Crippen LogP contribution in [0.25, 0.3) is 0 Å². The van der Waals surface area contributed by atoms with Gasteiger partial charge in [0.25, 0.3) is 0 Å². The Morgan fingerprint density at radius 2 is 2.09 bits per heavy atom. The highest BCUT2D eigenvalue weighted by Gasteiger charge is 2.35. The van der Waals surface area contributed by atoms with Crippen LogP contribution in [-0.4, -0.2) is 46.8 Å². The number of carbonyl (C=O) groups excluding carboxylic acids is 2. The van der Waals surface area contributed by atoms with Gasteiger partial charge in [-0.2, -0.15) is 8.42 Å². The third-order valence-corrected chi connectivity index (χ3v) is 4.40. The van der Waals surface area contributed by atoms with E-state index in [1.807, 2.05) is 0 Å². The van der Waals surface area contributed by atoms with E-state index in [2.05, 4.69) is 4.74 Å². The Morgan fingerprint density at radius 1 is 1.39 bits per heavy atom. The van der Waals surface area contributed by atoms with Gasteiger partial charge in [0, 0.05) is 18.9 Å². The van der Waals surface area contributed by atoms with Crippen LogP contribution in [0.3, 0.4) is 0 Å². The summed E-state index contributed by atoms with van der Waals surface area (Å²) in [6.07, 6.45) is -0.0644. The number of esters is 1. The lowest BCUT2D eigenvalue weighted by molar-refractivity contribution is -0.117. The van der Waals surface area contributed by atoms with Gasteiger partial charge in [-0.25, -0.2) is 4.79 Å². The first-order valence-electron chi connectivity index (χ1n) is 6.74. The standard InChI is InChI=1S/C14H16FNO6S/c1-21-12-6-10(14(18)22-2)3-4-11(12)16-7-9(5-13(16)17)8-23(15,19)20/h3-4,6,9H,5,7-8H2,1-2H3. The van der Waals surface area contributed by atoms with Crippen molar-refractivity contribution >= 4 is 27.8 Å². The Balaban J connectivity index is 2.27. The summed E-state index contributed by atoms with van der Waals surface area (Å²) in [5.74, 6) is -1.93. The molecular weight excluding hydrogens is 329 g/mol. The van der Waals surface area contributed by atoms with Crippen LogP contribution in [0.5, 0.6) is 5.75 Å². The second-order valence-corrected chi connectivity index (χ2v) is 6.57. The molecule has 0 bridgehead atoms. The largest absolute Gasteiger partial charge is 0.495 e. The van der Waals surface area contributed by atoms with E-state index in [1.54, 1.807) is 0 Å². The van der Waals surface area contributed by atoms with Gasteiger partial charge in [-0.3, -0.25) is 4.79 Å². The molecule has 1 fully saturated rings. The molecule has 1 aliphatic heterocycles. The molecule has 1 aliphatic rings. The zero-order chi connectivity index (χ0) is 17.2. The van der Waals surface area contributed by atoms with Crippen molar-refractivity contribution in [2.75, 3.05) is 31.4 Å². The van der Waals surface area contributed by atoms with Crippen LogP contribution in [0.4, 0.5) is 9.57 Å². The van der Waals surface area contributed by atoms with Crippen LogP contribution in [0, 0.1) is 5.92 Å². The normalized spacial score (nSPS) is 18.1. The molecule has 1 aromatic rings. The molecule has 0 N–H and O–H groups in total. The van der Waals surface area contributed by atoms with Gasteiger partial charge in [-0.15, -0.1) is 3.89 Å². The molecule has 0 aliphatic carbocycles. The van der Waals surface area contributed by atoms with Crippen LogP contribution in [0.15, 0.2) is 18.2 Å². The molecule has 1 unspecified atom stereocenters. The van der Waals surface area contributed by atoms with Gasteiger partial charge in [0.05, 0.1) is 31.2 Å². The van der Waals surface area contributed by atoms with Gasteiger partial charge in [0.1, 0.15) is 5.75 Å². The summed E-state index contributed by atoms with van der Waals surface area (Å²) in [7, 11) is -2.02. The number of halogens is 1. The number of benzene rings is 1. The Kier molecular flexibility index (Phi) is 4.88. The lowest BCUT2D eigenvalue weighted by Gasteiger charge is -2.20. The molecule has 1 amide bonds. The van der Waals surface area contributed by atoms with Crippen molar-refractivity contribution in [2.45, 2.75) is 6.42 Å². The molecular formula is C14H16FNO6S. The number of ether oxygens (including phenoxy) is 2.